The van der Waals surface area contributed by atoms with Crippen molar-refractivity contribution in [3.8, 4) is 0 Å². The molecule has 1 aromatic heterocycles. The highest BCUT2D eigenvalue weighted by atomic mass is 16.5. The third-order valence-corrected chi connectivity index (χ3v) is 3.16. The molecule has 2 rings (SSSR count). The Morgan fingerprint density at radius 3 is 2.62 bits per heavy atom. The molecule has 1 amide bonds. The summed E-state index contributed by atoms with van der Waals surface area (Å²) in [5, 5.41) is 2.90. The van der Waals surface area contributed by atoms with Crippen LogP contribution in [0.15, 0.2) is 48.7 Å². The molecule has 0 spiro atoms. The minimum Gasteiger partial charge on any atom is -0.372 e. The molecule has 0 saturated heterocycles. The topological polar surface area (TPSA) is 51.2 Å². The highest BCUT2D eigenvalue weighted by molar-refractivity contribution is 5.93. The summed E-state index contributed by atoms with van der Waals surface area (Å²) in [6.07, 6.45) is 1.45. The molecule has 0 aliphatic carbocycles. The average Bonchev–Trinajstić information content (AvgIpc) is 2.52. The number of hydrogen-bond acceptors (Lipinski definition) is 3. The maximum atomic E-state index is 12.1. The fraction of sp³-hybridized carbons (Fsp3) is 0.294. The van der Waals surface area contributed by atoms with Gasteiger partial charge in [0.05, 0.1) is 11.7 Å². The standard InChI is InChI=1S/C17H20N2O2/c1-3-21-16(14-7-5-4-6-8-14)12-19-17(20)15-10-9-13(2)18-11-15/h4-11,16H,3,12H2,1-2H3,(H,19,20)/t16-/m0/s1. The van der Waals surface area contributed by atoms with Gasteiger partial charge in [0.15, 0.2) is 0 Å². The summed E-state index contributed by atoms with van der Waals surface area (Å²) >= 11 is 0. The molecule has 1 N–H and O–H groups in total. The molecular formula is C17H20N2O2. The van der Waals surface area contributed by atoms with Crippen LogP contribution in [0.2, 0.25) is 0 Å². The van der Waals surface area contributed by atoms with Crippen molar-refractivity contribution in [3.05, 3.63) is 65.5 Å². The lowest BCUT2D eigenvalue weighted by Gasteiger charge is -2.18. The van der Waals surface area contributed by atoms with Gasteiger partial charge in [-0.05, 0) is 31.5 Å². The third-order valence-electron chi connectivity index (χ3n) is 3.16. The third kappa shape index (κ3) is 4.39. The minimum absolute atomic E-state index is 0.136. The summed E-state index contributed by atoms with van der Waals surface area (Å²) in [4.78, 5) is 16.2. The van der Waals surface area contributed by atoms with E-state index in [1.54, 1.807) is 12.3 Å². The van der Waals surface area contributed by atoms with Gasteiger partial charge in [0.2, 0.25) is 0 Å². The lowest BCUT2D eigenvalue weighted by molar-refractivity contribution is 0.0586. The Balaban J connectivity index is 1.98. The number of nitrogens with zero attached hydrogens (tertiary/aromatic N) is 1. The first-order chi connectivity index (χ1) is 10.2. The molecule has 4 nitrogen and oxygen atoms in total. The zero-order valence-electron chi connectivity index (χ0n) is 12.4. The number of aromatic nitrogens is 1. The van der Waals surface area contributed by atoms with Crippen LogP contribution in [0.5, 0.6) is 0 Å². The van der Waals surface area contributed by atoms with Gasteiger partial charge in [0.25, 0.3) is 5.91 Å². The van der Waals surface area contributed by atoms with E-state index in [0.29, 0.717) is 18.7 Å². The Hall–Kier alpha value is -2.20. The van der Waals surface area contributed by atoms with Gasteiger partial charge in [-0.2, -0.15) is 0 Å². The van der Waals surface area contributed by atoms with Crippen LogP contribution in [0, 0.1) is 6.92 Å². The molecule has 0 saturated carbocycles. The zero-order chi connectivity index (χ0) is 15.1. The molecule has 1 aromatic carbocycles. The van der Waals surface area contributed by atoms with Gasteiger partial charge in [-0.3, -0.25) is 9.78 Å². The SMILES string of the molecule is CCO[C@@H](CNC(=O)c1ccc(C)nc1)c1ccccc1. The Morgan fingerprint density at radius 2 is 2.00 bits per heavy atom. The van der Waals surface area contributed by atoms with Gasteiger partial charge in [0.1, 0.15) is 0 Å². The first-order valence-corrected chi connectivity index (χ1v) is 7.08. The van der Waals surface area contributed by atoms with Gasteiger partial charge in [-0.25, -0.2) is 0 Å². The summed E-state index contributed by atoms with van der Waals surface area (Å²) in [6, 6.07) is 13.5. The van der Waals surface area contributed by atoms with E-state index in [1.165, 1.54) is 0 Å². The van der Waals surface area contributed by atoms with E-state index in [0.717, 1.165) is 11.3 Å². The zero-order valence-corrected chi connectivity index (χ0v) is 12.4. The summed E-state index contributed by atoms with van der Waals surface area (Å²) < 4.78 is 5.70. The van der Waals surface area contributed by atoms with Crippen LogP contribution in [-0.2, 0) is 4.74 Å². The predicted molar refractivity (Wildman–Crippen MR) is 82.1 cm³/mol. The van der Waals surface area contributed by atoms with Crippen LogP contribution in [0.1, 0.15) is 34.6 Å². The number of rotatable bonds is 6. The van der Waals surface area contributed by atoms with E-state index in [-0.39, 0.29) is 12.0 Å². The Bertz CT molecular complexity index is 567. The summed E-state index contributed by atoms with van der Waals surface area (Å²) in [5.41, 5.74) is 2.51. The molecule has 0 bridgehead atoms. The molecule has 1 heterocycles. The second-order valence-corrected chi connectivity index (χ2v) is 4.75. The fourth-order valence-corrected chi connectivity index (χ4v) is 2.03. The van der Waals surface area contributed by atoms with Crippen molar-refractivity contribution in [1.82, 2.24) is 10.3 Å². The van der Waals surface area contributed by atoms with E-state index >= 15 is 0 Å². The number of carbonyl (C=O) groups excluding carboxylic acids is 1. The van der Waals surface area contributed by atoms with Crippen molar-refractivity contribution >= 4 is 5.91 Å². The number of nitrogens with one attached hydrogen (secondary N) is 1. The molecule has 0 aliphatic rings. The van der Waals surface area contributed by atoms with Crippen molar-refractivity contribution < 1.29 is 9.53 Å². The van der Waals surface area contributed by atoms with Crippen molar-refractivity contribution in [2.24, 2.45) is 0 Å². The highest BCUT2D eigenvalue weighted by Gasteiger charge is 2.13. The molecule has 0 fully saturated rings. The fourth-order valence-electron chi connectivity index (χ4n) is 2.03. The van der Waals surface area contributed by atoms with Crippen LogP contribution in [0.3, 0.4) is 0 Å². The lowest BCUT2D eigenvalue weighted by atomic mass is 10.1. The van der Waals surface area contributed by atoms with Crippen molar-refractivity contribution in [2.45, 2.75) is 20.0 Å². The molecule has 2 aromatic rings. The quantitative estimate of drug-likeness (QED) is 0.887. The number of hydrogen-bond donors (Lipinski definition) is 1. The molecule has 1 atom stereocenters. The largest absolute Gasteiger partial charge is 0.372 e. The normalized spacial score (nSPS) is 11.9. The molecular weight excluding hydrogens is 264 g/mol. The average molecular weight is 284 g/mol. The van der Waals surface area contributed by atoms with Gasteiger partial charge in [-0.15, -0.1) is 0 Å². The van der Waals surface area contributed by atoms with Crippen LogP contribution in [0.25, 0.3) is 0 Å². The maximum absolute atomic E-state index is 12.1. The van der Waals surface area contributed by atoms with Gasteiger partial charge >= 0.3 is 0 Å². The molecule has 0 radical (unpaired) electrons. The van der Waals surface area contributed by atoms with E-state index < -0.39 is 0 Å². The smallest absolute Gasteiger partial charge is 0.252 e. The molecule has 4 heteroatoms. The monoisotopic (exact) mass is 284 g/mol. The second-order valence-electron chi connectivity index (χ2n) is 4.75. The molecule has 110 valence electrons. The first kappa shape index (κ1) is 15.2. The van der Waals surface area contributed by atoms with Crippen LogP contribution >= 0.6 is 0 Å². The number of amides is 1. The number of ether oxygens (including phenoxy) is 1. The van der Waals surface area contributed by atoms with E-state index in [2.05, 4.69) is 10.3 Å². The van der Waals surface area contributed by atoms with Gasteiger partial charge < -0.3 is 10.1 Å². The van der Waals surface area contributed by atoms with E-state index in [1.807, 2.05) is 50.2 Å². The molecule has 0 unspecified atom stereocenters. The number of pyridine rings is 1. The summed E-state index contributed by atoms with van der Waals surface area (Å²) in [5.74, 6) is -0.136. The van der Waals surface area contributed by atoms with E-state index in [4.69, 9.17) is 4.74 Å². The molecule has 21 heavy (non-hydrogen) atoms. The lowest BCUT2D eigenvalue weighted by Crippen LogP contribution is -2.29. The second kappa shape index (κ2) is 7.55. The summed E-state index contributed by atoms with van der Waals surface area (Å²) in [6.45, 7) is 4.87. The predicted octanol–water partition coefficient (Wildman–Crippen LogP) is 2.90. The van der Waals surface area contributed by atoms with Crippen LogP contribution in [-0.4, -0.2) is 24.0 Å². The van der Waals surface area contributed by atoms with E-state index in [9.17, 15) is 4.79 Å². The van der Waals surface area contributed by atoms with Crippen molar-refractivity contribution in [1.29, 1.82) is 0 Å². The van der Waals surface area contributed by atoms with Crippen molar-refractivity contribution in [2.75, 3.05) is 13.2 Å². The highest BCUT2D eigenvalue weighted by Crippen LogP contribution is 2.16. The maximum Gasteiger partial charge on any atom is 0.252 e. The Kier molecular flexibility index (Phi) is 5.46. The number of carbonyl (C=O) groups is 1. The van der Waals surface area contributed by atoms with Crippen LogP contribution < -0.4 is 5.32 Å². The Labute approximate surface area is 125 Å². The van der Waals surface area contributed by atoms with Gasteiger partial charge in [0, 0.05) is 25.0 Å². The molecule has 0 aliphatic heterocycles. The van der Waals surface area contributed by atoms with Gasteiger partial charge in [-0.1, -0.05) is 30.3 Å². The van der Waals surface area contributed by atoms with Crippen LogP contribution in [0.4, 0.5) is 0 Å². The number of aryl methyl sites for hydroxylation is 1. The van der Waals surface area contributed by atoms with Crippen molar-refractivity contribution in [3.63, 3.8) is 0 Å². The first-order valence-electron chi connectivity index (χ1n) is 7.08. The Morgan fingerprint density at radius 1 is 1.24 bits per heavy atom. The summed E-state index contributed by atoms with van der Waals surface area (Å²) in [7, 11) is 0. The number of benzene rings is 1. The minimum atomic E-state index is -0.140.